The first-order chi connectivity index (χ1) is 5.24. The second kappa shape index (κ2) is 3.26. The standard InChI is InChI=1S/C8H11NO2/c1-7-4-3-5-9(6-7)8(10)11-2/h3H,5-6H2,1-2H3. The van der Waals surface area contributed by atoms with E-state index in [2.05, 4.69) is 10.5 Å². The van der Waals surface area contributed by atoms with E-state index in [1.54, 1.807) is 4.90 Å². The Morgan fingerprint density at radius 3 is 3.09 bits per heavy atom. The molecule has 0 bridgehead atoms. The molecule has 1 rings (SSSR count). The number of carbonyl (C=O) groups excluding carboxylic acids is 1. The van der Waals surface area contributed by atoms with Crippen LogP contribution in [0.2, 0.25) is 0 Å². The van der Waals surface area contributed by atoms with Gasteiger partial charge < -0.3 is 4.74 Å². The lowest BCUT2D eigenvalue weighted by atomic mass is 10.2. The van der Waals surface area contributed by atoms with Gasteiger partial charge in [0.1, 0.15) is 0 Å². The van der Waals surface area contributed by atoms with E-state index in [4.69, 9.17) is 0 Å². The summed E-state index contributed by atoms with van der Waals surface area (Å²) >= 11 is 0. The number of hydrogen-bond donors (Lipinski definition) is 0. The lowest BCUT2D eigenvalue weighted by molar-refractivity contribution is 0.131. The van der Waals surface area contributed by atoms with Gasteiger partial charge >= 0.3 is 6.09 Å². The van der Waals surface area contributed by atoms with E-state index in [0.717, 1.165) is 5.57 Å². The monoisotopic (exact) mass is 153 g/mol. The van der Waals surface area contributed by atoms with Gasteiger partial charge in [-0.15, -0.1) is 5.73 Å². The largest absolute Gasteiger partial charge is 0.453 e. The molecular weight excluding hydrogens is 142 g/mol. The maximum absolute atomic E-state index is 11.0. The maximum atomic E-state index is 11.0. The van der Waals surface area contributed by atoms with E-state index in [9.17, 15) is 4.79 Å². The zero-order chi connectivity index (χ0) is 8.27. The number of hydrogen-bond acceptors (Lipinski definition) is 2. The topological polar surface area (TPSA) is 29.5 Å². The molecule has 0 spiro atoms. The summed E-state index contributed by atoms with van der Waals surface area (Å²) in [5, 5.41) is 0. The van der Waals surface area contributed by atoms with Crippen LogP contribution in [-0.4, -0.2) is 31.2 Å². The summed E-state index contributed by atoms with van der Waals surface area (Å²) in [7, 11) is 1.39. The van der Waals surface area contributed by atoms with E-state index >= 15 is 0 Å². The third-order valence-corrected chi connectivity index (χ3v) is 1.52. The minimum Gasteiger partial charge on any atom is -0.453 e. The summed E-state index contributed by atoms with van der Waals surface area (Å²) in [6.07, 6.45) is 1.55. The van der Waals surface area contributed by atoms with Crippen molar-refractivity contribution in [1.29, 1.82) is 0 Å². The van der Waals surface area contributed by atoms with Crippen LogP contribution in [-0.2, 0) is 4.74 Å². The minimum absolute atomic E-state index is 0.276. The van der Waals surface area contributed by atoms with E-state index in [1.165, 1.54) is 7.11 Å². The second-order valence-corrected chi connectivity index (χ2v) is 2.48. The molecule has 0 N–H and O–H groups in total. The Morgan fingerprint density at radius 1 is 1.82 bits per heavy atom. The maximum Gasteiger partial charge on any atom is 0.410 e. The van der Waals surface area contributed by atoms with Gasteiger partial charge in [0.05, 0.1) is 13.7 Å². The summed E-state index contributed by atoms with van der Waals surface area (Å²) in [4.78, 5) is 12.6. The molecule has 0 atom stereocenters. The molecule has 0 saturated heterocycles. The van der Waals surface area contributed by atoms with Crippen LogP contribution in [0.25, 0.3) is 0 Å². The van der Waals surface area contributed by atoms with Crippen LogP contribution in [0.1, 0.15) is 6.92 Å². The molecule has 0 aromatic heterocycles. The van der Waals surface area contributed by atoms with Crippen LogP contribution in [0.3, 0.4) is 0 Å². The number of rotatable bonds is 0. The Balaban J connectivity index is 2.57. The SMILES string of the molecule is COC(=O)N1CC=C=C(C)C1. The van der Waals surface area contributed by atoms with E-state index in [0.29, 0.717) is 13.1 Å². The molecule has 0 saturated carbocycles. The average molecular weight is 153 g/mol. The van der Waals surface area contributed by atoms with Crippen molar-refractivity contribution in [2.45, 2.75) is 6.92 Å². The minimum atomic E-state index is -0.276. The summed E-state index contributed by atoms with van der Waals surface area (Å²) in [5.41, 5.74) is 4.09. The predicted octanol–water partition coefficient (Wildman–Crippen LogP) is 1.17. The molecule has 11 heavy (non-hydrogen) atoms. The van der Waals surface area contributed by atoms with Crippen LogP contribution in [0, 0.1) is 0 Å². The highest BCUT2D eigenvalue weighted by Crippen LogP contribution is 2.03. The molecule has 1 aliphatic heterocycles. The third kappa shape index (κ3) is 1.85. The molecule has 1 amide bonds. The van der Waals surface area contributed by atoms with Gasteiger partial charge in [-0.2, -0.15) is 0 Å². The highest BCUT2D eigenvalue weighted by molar-refractivity contribution is 5.68. The van der Waals surface area contributed by atoms with Crippen molar-refractivity contribution in [2.75, 3.05) is 20.2 Å². The molecule has 0 radical (unpaired) electrons. The summed E-state index contributed by atoms with van der Waals surface area (Å²) < 4.78 is 4.56. The highest BCUT2D eigenvalue weighted by atomic mass is 16.5. The second-order valence-electron chi connectivity index (χ2n) is 2.48. The molecule has 3 heteroatoms. The number of methoxy groups -OCH3 is 1. The van der Waals surface area contributed by atoms with Gasteiger partial charge in [-0.05, 0) is 18.6 Å². The van der Waals surface area contributed by atoms with Crippen LogP contribution in [0.5, 0.6) is 0 Å². The lowest BCUT2D eigenvalue weighted by Crippen LogP contribution is -2.33. The van der Waals surface area contributed by atoms with Gasteiger partial charge in [0.25, 0.3) is 0 Å². The average Bonchev–Trinajstić information content (AvgIpc) is 2.03. The fourth-order valence-corrected chi connectivity index (χ4v) is 0.995. The van der Waals surface area contributed by atoms with Crippen LogP contribution in [0.15, 0.2) is 17.4 Å². The quantitative estimate of drug-likeness (QED) is 0.489. The van der Waals surface area contributed by atoms with Gasteiger partial charge in [-0.25, -0.2) is 4.79 Å². The Bertz CT molecular complexity index is 226. The molecular formula is C8H11NO2. The van der Waals surface area contributed by atoms with Crippen LogP contribution < -0.4 is 0 Å². The first kappa shape index (κ1) is 7.89. The molecule has 3 nitrogen and oxygen atoms in total. The number of amides is 1. The summed E-state index contributed by atoms with van der Waals surface area (Å²) in [5.74, 6) is 0. The van der Waals surface area contributed by atoms with Crippen LogP contribution in [0.4, 0.5) is 4.79 Å². The number of carbonyl (C=O) groups is 1. The van der Waals surface area contributed by atoms with E-state index < -0.39 is 0 Å². The van der Waals surface area contributed by atoms with Crippen molar-refractivity contribution >= 4 is 6.09 Å². The first-order valence-corrected chi connectivity index (χ1v) is 3.47. The number of nitrogens with zero attached hydrogens (tertiary/aromatic N) is 1. The molecule has 0 aromatic rings. The van der Waals surface area contributed by atoms with Crippen molar-refractivity contribution in [3.05, 3.63) is 17.4 Å². The molecule has 1 aliphatic rings. The van der Waals surface area contributed by atoms with Crippen molar-refractivity contribution in [3.8, 4) is 0 Å². The van der Waals surface area contributed by atoms with Gasteiger partial charge in [-0.3, -0.25) is 4.90 Å². The van der Waals surface area contributed by atoms with E-state index in [-0.39, 0.29) is 6.09 Å². The predicted molar refractivity (Wildman–Crippen MR) is 41.2 cm³/mol. The van der Waals surface area contributed by atoms with E-state index in [1.807, 2.05) is 13.0 Å². The Morgan fingerprint density at radius 2 is 2.55 bits per heavy atom. The summed E-state index contributed by atoms with van der Waals surface area (Å²) in [6, 6.07) is 0. The van der Waals surface area contributed by atoms with Crippen molar-refractivity contribution < 1.29 is 9.53 Å². The van der Waals surface area contributed by atoms with Crippen LogP contribution >= 0.6 is 0 Å². The van der Waals surface area contributed by atoms with Gasteiger partial charge in [0.15, 0.2) is 0 Å². The van der Waals surface area contributed by atoms with Crippen molar-refractivity contribution in [3.63, 3.8) is 0 Å². The molecule has 1 heterocycles. The fourth-order valence-electron chi connectivity index (χ4n) is 0.995. The first-order valence-electron chi connectivity index (χ1n) is 3.47. The lowest BCUT2D eigenvalue weighted by Gasteiger charge is -2.20. The highest BCUT2D eigenvalue weighted by Gasteiger charge is 2.13. The fraction of sp³-hybridized carbons (Fsp3) is 0.500. The third-order valence-electron chi connectivity index (χ3n) is 1.52. The molecule has 0 aliphatic carbocycles. The van der Waals surface area contributed by atoms with Crippen molar-refractivity contribution in [2.24, 2.45) is 0 Å². The Kier molecular flexibility index (Phi) is 2.34. The summed E-state index contributed by atoms with van der Waals surface area (Å²) in [6.45, 7) is 3.17. The Labute approximate surface area is 65.9 Å². The molecule has 60 valence electrons. The van der Waals surface area contributed by atoms with Crippen molar-refractivity contribution in [1.82, 2.24) is 4.90 Å². The normalized spacial score (nSPS) is 16.2. The smallest absolute Gasteiger partial charge is 0.410 e. The zero-order valence-electron chi connectivity index (χ0n) is 6.76. The molecule has 0 aromatic carbocycles. The Hall–Kier alpha value is -1.21. The molecule has 0 fully saturated rings. The number of ether oxygens (including phenoxy) is 1. The van der Waals surface area contributed by atoms with Gasteiger partial charge in [0, 0.05) is 6.54 Å². The molecule has 0 unspecified atom stereocenters. The van der Waals surface area contributed by atoms with Gasteiger partial charge in [-0.1, -0.05) is 0 Å². The van der Waals surface area contributed by atoms with Gasteiger partial charge in [0.2, 0.25) is 0 Å². The zero-order valence-corrected chi connectivity index (χ0v) is 6.76.